The molecule has 1 aromatic rings. The minimum Gasteiger partial charge on any atom is -0.326 e. The van der Waals surface area contributed by atoms with Crippen LogP contribution in [0, 0.1) is 5.92 Å². The fourth-order valence-electron chi connectivity index (χ4n) is 3.19. The normalized spacial score (nSPS) is 26.9. The molecule has 0 radical (unpaired) electrons. The fourth-order valence-corrected chi connectivity index (χ4v) is 4.38. The number of nitrogens with two attached hydrogens (primary N) is 1. The third-order valence-electron chi connectivity index (χ3n) is 4.64. The van der Waals surface area contributed by atoms with E-state index in [0.29, 0.717) is 18.0 Å². The van der Waals surface area contributed by atoms with E-state index in [2.05, 4.69) is 30.6 Å². The summed E-state index contributed by atoms with van der Waals surface area (Å²) in [7, 11) is 0. The number of aromatic nitrogens is 1. The van der Waals surface area contributed by atoms with Crippen LogP contribution >= 0.6 is 23.7 Å². The van der Waals surface area contributed by atoms with Crippen molar-refractivity contribution in [2.75, 3.05) is 19.6 Å². The molecule has 0 bridgehead atoms. The van der Waals surface area contributed by atoms with E-state index in [0.717, 1.165) is 39.1 Å². The second kappa shape index (κ2) is 6.92. The van der Waals surface area contributed by atoms with Gasteiger partial charge in [0.1, 0.15) is 5.01 Å². The molecule has 2 aliphatic heterocycles. The summed E-state index contributed by atoms with van der Waals surface area (Å²) in [5, 5.41) is 1.28. The maximum Gasteiger partial charge on any atom is 0.107 e. The molecule has 120 valence electrons. The first kappa shape index (κ1) is 17.2. The van der Waals surface area contributed by atoms with Gasteiger partial charge in [0, 0.05) is 49.6 Å². The molecule has 3 heterocycles. The summed E-state index contributed by atoms with van der Waals surface area (Å²) in [5.41, 5.74) is 7.45. The molecule has 0 saturated carbocycles. The Morgan fingerprint density at radius 2 is 2.14 bits per heavy atom. The fraction of sp³-hybridized carbons (Fsp3) is 0.800. The topological polar surface area (TPSA) is 45.4 Å². The van der Waals surface area contributed by atoms with Crippen molar-refractivity contribution >= 4 is 23.7 Å². The van der Waals surface area contributed by atoms with Gasteiger partial charge in [0.25, 0.3) is 0 Å². The van der Waals surface area contributed by atoms with Crippen molar-refractivity contribution in [1.29, 1.82) is 0 Å². The molecule has 21 heavy (non-hydrogen) atoms. The van der Waals surface area contributed by atoms with Gasteiger partial charge in [-0.15, -0.1) is 23.7 Å². The predicted octanol–water partition coefficient (Wildman–Crippen LogP) is 2.11. The van der Waals surface area contributed by atoms with E-state index in [-0.39, 0.29) is 12.4 Å². The van der Waals surface area contributed by atoms with E-state index in [1.165, 1.54) is 15.6 Å². The maximum atomic E-state index is 6.11. The van der Waals surface area contributed by atoms with Crippen molar-refractivity contribution in [2.45, 2.75) is 52.4 Å². The minimum absolute atomic E-state index is 0. The molecule has 1 saturated heterocycles. The average Bonchev–Trinajstić information content (AvgIpc) is 2.92. The molecule has 0 amide bonds. The van der Waals surface area contributed by atoms with Crippen LogP contribution in [-0.4, -0.2) is 46.5 Å². The number of thiazole rings is 1. The third kappa shape index (κ3) is 3.77. The first-order chi connectivity index (χ1) is 9.52. The van der Waals surface area contributed by atoms with Gasteiger partial charge in [-0.3, -0.25) is 9.80 Å². The van der Waals surface area contributed by atoms with Crippen LogP contribution in [0.2, 0.25) is 0 Å². The quantitative estimate of drug-likeness (QED) is 0.922. The number of nitrogens with zero attached hydrogens (tertiary/aromatic N) is 3. The van der Waals surface area contributed by atoms with Crippen molar-refractivity contribution in [3.8, 4) is 0 Å². The standard InChI is InChI=1S/C15H26N4S.ClH/c1-10(2)19-5-4-13-14(8-19)20-15(17-13)9-18-6-11(3)12(16)7-18;/h10-12H,4-9,16H2,1-3H3;1H. The van der Waals surface area contributed by atoms with Gasteiger partial charge in [-0.05, 0) is 19.8 Å². The van der Waals surface area contributed by atoms with E-state index in [4.69, 9.17) is 10.7 Å². The molecule has 1 aromatic heterocycles. The minimum atomic E-state index is 0. The van der Waals surface area contributed by atoms with Gasteiger partial charge < -0.3 is 5.73 Å². The summed E-state index contributed by atoms with van der Waals surface area (Å²) in [4.78, 5) is 11.3. The second-order valence-electron chi connectivity index (χ2n) is 6.63. The first-order valence-electron chi connectivity index (χ1n) is 7.72. The molecule has 4 nitrogen and oxygen atoms in total. The van der Waals surface area contributed by atoms with Crippen LogP contribution in [0.15, 0.2) is 0 Å². The molecule has 6 heteroatoms. The Kier molecular flexibility index (Phi) is 5.65. The molecular formula is C15H27ClN4S. The van der Waals surface area contributed by atoms with Crippen molar-refractivity contribution in [3.05, 3.63) is 15.6 Å². The molecule has 0 spiro atoms. The molecule has 0 aliphatic carbocycles. The zero-order valence-electron chi connectivity index (χ0n) is 13.2. The molecule has 2 unspecified atom stereocenters. The van der Waals surface area contributed by atoms with E-state index in [9.17, 15) is 0 Å². The van der Waals surface area contributed by atoms with Crippen LogP contribution < -0.4 is 5.73 Å². The van der Waals surface area contributed by atoms with Crippen LogP contribution in [0.1, 0.15) is 36.3 Å². The van der Waals surface area contributed by atoms with Crippen LogP contribution in [0.3, 0.4) is 0 Å². The number of likely N-dealkylation sites (tertiary alicyclic amines) is 1. The lowest BCUT2D eigenvalue weighted by atomic mass is 10.1. The van der Waals surface area contributed by atoms with Gasteiger partial charge in [-0.2, -0.15) is 0 Å². The average molecular weight is 331 g/mol. The largest absolute Gasteiger partial charge is 0.326 e. The van der Waals surface area contributed by atoms with E-state index in [1.54, 1.807) is 0 Å². The van der Waals surface area contributed by atoms with Crippen LogP contribution in [-0.2, 0) is 19.5 Å². The third-order valence-corrected chi connectivity index (χ3v) is 5.71. The van der Waals surface area contributed by atoms with E-state index >= 15 is 0 Å². The van der Waals surface area contributed by atoms with Crippen molar-refractivity contribution in [3.63, 3.8) is 0 Å². The Labute approximate surface area is 138 Å². The summed E-state index contributed by atoms with van der Waals surface area (Å²) in [6.07, 6.45) is 1.11. The highest BCUT2D eigenvalue weighted by atomic mass is 35.5. The van der Waals surface area contributed by atoms with Crippen LogP contribution in [0.4, 0.5) is 0 Å². The highest BCUT2D eigenvalue weighted by molar-refractivity contribution is 7.11. The van der Waals surface area contributed by atoms with Crippen molar-refractivity contribution in [1.82, 2.24) is 14.8 Å². The second-order valence-corrected chi connectivity index (χ2v) is 7.80. The van der Waals surface area contributed by atoms with Gasteiger partial charge >= 0.3 is 0 Å². The van der Waals surface area contributed by atoms with Crippen LogP contribution in [0.25, 0.3) is 0 Å². The first-order valence-corrected chi connectivity index (χ1v) is 8.54. The number of hydrogen-bond acceptors (Lipinski definition) is 5. The molecule has 2 aliphatic rings. The Bertz CT molecular complexity index is 466. The Balaban J connectivity index is 0.00000161. The number of halogens is 1. The molecule has 2 atom stereocenters. The molecular weight excluding hydrogens is 304 g/mol. The zero-order chi connectivity index (χ0) is 14.3. The molecule has 1 fully saturated rings. The lowest BCUT2D eigenvalue weighted by Crippen LogP contribution is -2.35. The smallest absolute Gasteiger partial charge is 0.107 e. The Hall–Kier alpha value is -0.200. The number of fused-ring (bicyclic) bond motifs is 1. The van der Waals surface area contributed by atoms with Crippen molar-refractivity contribution in [2.24, 2.45) is 11.7 Å². The van der Waals surface area contributed by atoms with E-state index in [1.807, 2.05) is 11.3 Å². The monoisotopic (exact) mass is 330 g/mol. The highest BCUT2D eigenvalue weighted by Crippen LogP contribution is 2.28. The van der Waals surface area contributed by atoms with Crippen LogP contribution in [0.5, 0.6) is 0 Å². The van der Waals surface area contributed by atoms with Gasteiger partial charge in [-0.1, -0.05) is 6.92 Å². The summed E-state index contributed by atoms with van der Waals surface area (Å²) in [6.45, 7) is 12.2. The van der Waals surface area contributed by atoms with Gasteiger partial charge in [0.05, 0.1) is 12.2 Å². The predicted molar refractivity (Wildman–Crippen MR) is 91.0 cm³/mol. The SMILES string of the molecule is CC1CN(Cc2nc3c(s2)CN(C(C)C)CC3)CC1N.Cl. The van der Waals surface area contributed by atoms with Gasteiger partial charge in [-0.25, -0.2) is 4.98 Å². The lowest BCUT2D eigenvalue weighted by molar-refractivity contribution is 0.205. The molecule has 0 aromatic carbocycles. The van der Waals surface area contributed by atoms with Gasteiger partial charge in [0.2, 0.25) is 0 Å². The molecule has 3 rings (SSSR count). The Morgan fingerprint density at radius 3 is 2.76 bits per heavy atom. The summed E-state index contributed by atoms with van der Waals surface area (Å²) in [6, 6.07) is 0.965. The number of hydrogen-bond donors (Lipinski definition) is 1. The lowest BCUT2D eigenvalue weighted by Gasteiger charge is -2.29. The van der Waals surface area contributed by atoms with Crippen molar-refractivity contribution < 1.29 is 0 Å². The highest BCUT2D eigenvalue weighted by Gasteiger charge is 2.28. The maximum absolute atomic E-state index is 6.11. The Morgan fingerprint density at radius 1 is 1.38 bits per heavy atom. The van der Waals surface area contributed by atoms with Gasteiger partial charge in [0.15, 0.2) is 0 Å². The number of rotatable bonds is 3. The molecule has 2 N–H and O–H groups in total. The van der Waals surface area contributed by atoms with E-state index < -0.39 is 0 Å². The zero-order valence-corrected chi connectivity index (χ0v) is 14.8. The summed E-state index contributed by atoms with van der Waals surface area (Å²) < 4.78 is 0. The summed E-state index contributed by atoms with van der Waals surface area (Å²) >= 11 is 1.91. The summed E-state index contributed by atoms with van der Waals surface area (Å²) in [5.74, 6) is 0.612.